The molecule has 1 aromatic carbocycles. The average molecular weight is 428 g/mol. The molecular formula is C23H29N3O5. The maximum atomic E-state index is 10.2. The number of benzene rings is 1. The summed E-state index contributed by atoms with van der Waals surface area (Å²) in [5.41, 5.74) is 1.15. The van der Waals surface area contributed by atoms with Gasteiger partial charge in [0.15, 0.2) is 11.5 Å². The molecule has 2 fully saturated rings. The fourth-order valence-corrected chi connectivity index (χ4v) is 4.26. The topological polar surface area (TPSA) is 95.0 Å². The number of rotatable bonds is 5. The van der Waals surface area contributed by atoms with Gasteiger partial charge in [-0.15, -0.1) is 0 Å². The Kier molecular flexibility index (Phi) is 5.58. The first kappa shape index (κ1) is 20.3. The molecule has 2 aliphatic heterocycles. The van der Waals surface area contributed by atoms with Crippen molar-refractivity contribution in [1.82, 2.24) is 9.97 Å². The Morgan fingerprint density at radius 1 is 1.10 bits per heavy atom. The molecule has 8 nitrogen and oxygen atoms in total. The Morgan fingerprint density at radius 3 is 2.68 bits per heavy atom. The summed E-state index contributed by atoms with van der Waals surface area (Å²) in [5, 5.41) is 13.6. The van der Waals surface area contributed by atoms with E-state index in [4.69, 9.17) is 23.9 Å². The molecule has 166 valence electrons. The minimum Gasteiger partial charge on any atom is -0.486 e. The first-order valence-electron chi connectivity index (χ1n) is 11.1. The van der Waals surface area contributed by atoms with Gasteiger partial charge in [0.25, 0.3) is 0 Å². The molecule has 1 unspecified atom stereocenters. The van der Waals surface area contributed by atoms with Crippen molar-refractivity contribution in [3.63, 3.8) is 0 Å². The summed E-state index contributed by atoms with van der Waals surface area (Å²) in [5.74, 6) is 2.54. The van der Waals surface area contributed by atoms with Crippen molar-refractivity contribution in [3.8, 4) is 28.5 Å². The highest BCUT2D eigenvalue weighted by Gasteiger charge is 2.29. The molecule has 8 heteroatoms. The molecule has 2 aromatic rings. The number of fused-ring (bicyclic) bond motifs is 1. The Labute approximate surface area is 181 Å². The number of nitrogens with zero attached hydrogens (tertiary/aromatic N) is 2. The molecule has 0 bridgehead atoms. The highest BCUT2D eigenvalue weighted by atomic mass is 16.6. The molecule has 1 aliphatic carbocycles. The highest BCUT2D eigenvalue weighted by molar-refractivity contribution is 5.71. The number of hydrogen-bond donors (Lipinski definition) is 2. The Hall–Kier alpha value is -2.58. The predicted molar refractivity (Wildman–Crippen MR) is 115 cm³/mol. The monoisotopic (exact) mass is 427 g/mol. The fraction of sp³-hybridized carbons (Fsp3) is 0.565. The zero-order valence-electron chi connectivity index (χ0n) is 17.8. The van der Waals surface area contributed by atoms with Crippen LogP contribution < -0.4 is 19.5 Å². The van der Waals surface area contributed by atoms with Crippen LogP contribution in [0.2, 0.25) is 0 Å². The van der Waals surface area contributed by atoms with E-state index in [9.17, 15) is 5.11 Å². The smallest absolute Gasteiger partial charge is 0.226 e. The number of anilines is 1. The van der Waals surface area contributed by atoms with Gasteiger partial charge in [-0.1, -0.05) is 6.07 Å². The van der Waals surface area contributed by atoms with Gasteiger partial charge in [0.1, 0.15) is 19.3 Å². The minimum atomic E-state index is -0.572. The van der Waals surface area contributed by atoms with Crippen LogP contribution in [0.5, 0.6) is 17.4 Å². The summed E-state index contributed by atoms with van der Waals surface area (Å²) in [7, 11) is 0. The van der Waals surface area contributed by atoms with Crippen LogP contribution in [0.1, 0.15) is 39.0 Å². The lowest BCUT2D eigenvalue weighted by Gasteiger charge is -2.33. The van der Waals surface area contributed by atoms with Gasteiger partial charge in [-0.2, -0.15) is 4.98 Å². The van der Waals surface area contributed by atoms with E-state index in [2.05, 4.69) is 10.3 Å². The molecule has 31 heavy (non-hydrogen) atoms. The van der Waals surface area contributed by atoms with Gasteiger partial charge in [0.2, 0.25) is 11.8 Å². The second kappa shape index (κ2) is 8.51. The normalized spacial score (nSPS) is 27.7. The van der Waals surface area contributed by atoms with E-state index in [-0.39, 0.29) is 12.1 Å². The van der Waals surface area contributed by atoms with Crippen LogP contribution in [0.15, 0.2) is 24.4 Å². The standard InChI is InChI=1S/C23H29N3O5/c1-23(27)7-4-16(5-8-23)25-22-24-13-18(21(26-22)31-17-6-9-28-14-17)15-2-3-19-20(12-15)30-11-10-29-19/h2-3,12-13,16-17,27H,4-11,14H2,1H3,(H,24,25,26). The molecular weight excluding hydrogens is 398 g/mol. The molecule has 0 radical (unpaired) electrons. The number of hydrogen-bond acceptors (Lipinski definition) is 8. The van der Waals surface area contributed by atoms with Crippen molar-refractivity contribution in [2.45, 2.75) is 56.8 Å². The molecule has 0 spiro atoms. The quantitative estimate of drug-likeness (QED) is 0.751. The van der Waals surface area contributed by atoms with Crippen molar-refractivity contribution in [2.75, 3.05) is 31.7 Å². The lowest BCUT2D eigenvalue weighted by Crippen LogP contribution is -2.36. The Morgan fingerprint density at radius 2 is 1.90 bits per heavy atom. The van der Waals surface area contributed by atoms with E-state index >= 15 is 0 Å². The minimum absolute atomic E-state index is 0.0245. The SMILES string of the molecule is CC1(O)CCC(Nc2ncc(-c3ccc4c(c3)OCCO4)c(OC3CCOC3)n2)CC1. The van der Waals surface area contributed by atoms with E-state index < -0.39 is 5.60 Å². The third-order valence-electron chi connectivity index (χ3n) is 6.17. The number of nitrogens with one attached hydrogen (secondary N) is 1. The van der Waals surface area contributed by atoms with Gasteiger partial charge in [0.05, 0.1) is 24.4 Å². The zero-order chi connectivity index (χ0) is 21.3. The second-order valence-corrected chi connectivity index (χ2v) is 8.79. The fourth-order valence-electron chi connectivity index (χ4n) is 4.26. The van der Waals surface area contributed by atoms with Crippen LogP contribution >= 0.6 is 0 Å². The third-order valence-corrected chi connectivity index (χ3v) is 6.17. The van der Waals surface area contributed by atoms with Gasteiger partial charge in [-0.25, -0.2) is 4.98 Å². The summed E-state index contributed by atoms with van der Waals surface area (Å²) in [6.07, 6.45) is 5.91. The summed E-state index contributed by atoms with van der Waals surface area (Å²) in [4.78, 5) is 9.29. The summed E-state index contributed by atoms with van der Waals surface area (Å²) < 4.78 is 23.1. The van der Waals surface area contributed by atoms with Gasteiger partial charge in [-0.3, -0.25) is 0 Å². The van der Waals surface area contributed by atoms with E-state index in [0.717, 1.165) is 54.7 Å². The van der Waals surface area contributed by atoms with Crippen LogP contribution in [0.3, 0.4) is 0 Å². The zero-order valence-corrected chi connectivity index (χ0v) is 17.8. The number of aliphatic hydroxyl groups is 1. The molecule has 3 heterocycles. The van der Waals surface area contributed by atoms with E-state index in [1.807, 2.05) is 25.1 Å². The summed E-state index contributed by atoms with van der Waals surface area (Å²) >= 11 is 0. The molecule has 1 saturated heterocycles. The lowest BCUT2D eigenvalue weighted by atomic mass is 9.84. The number of ether oxygens (including phenoxy) is 4. The molecule has 1 atom stereocenters. The molecule has 1 aromatic heterocycles. The van der Waals surface area contributed by atoms with Crippen LogP contribution in [-0.4, -0.2) is 59.2 Å². The largest absolute Gasteiger partial charge is 0.486 e. The molecule has 0 amide bonds. The van der Waals surface area contributed by atoms with Crippen molar-refractivity contribution < 1.29 is 24.1 Å². The number of aromatic nitrogens is 2. The maximum Gasteiger partial charge on any atom is 0.226 e. The third kappa shape index (κ3) is 4.70. The first-order valence-corrected chi connectivity index (χ1v) is 11.1. The summed E-state index contributed by atoms with van der Waals surface area (Å²) in [6.45, 7) is 4.25. The van der Waals surface area contributed by atoms with Crippen molar-refractivity contribution >= 4 is 5.95 Å². The Balaban J connectivity index is 1.40. The van der Waals surface area contributed by atoms with Crippen molar-refractivity contribution in [3.05, 3.63) is 24.4 Å². The van der Waals surface area contributed by atoms with Crippen molar-refractivity contribution in [2.24, 2.45) is 0 Å². The second-order valence-electron chi connectivity index (χ2n) is 8.79. The van der Waals surface area contributed by atoms with Crippen LogP contribution in [0.25, 0.3) is 11.1 Å². The van der Waals surface area contributed by atoms with Crippen LogP contribution in [0.4, 0.5) is 5.95 Å². The van der Waals surface area contributed by atoms with E-state index in [1.54, 1.807) is 6.20 Å². The van der Waals surface area contributed by atoms with Gasteiger partial charge in [0, 0.05) is 18.7 Å². The Bertz CT molecular complexity index is 919. The molecule has 2 N–H and O–H groups in total. The van der Waals surface area contributed by atoms with E-state index in [1.165, 1.54) is 0 Å². The summed E-state index contributed by atoms with van der Waals surface area (Å²) in [6, 6.07) is 6.07. The highest BCUT2D eigenvalue weighted by Crippen LogP contribution is 2.38. The van der Waals surface area contributed by atoms with Gasteiger partial charge in [-0.05, 0) is 50.3 Å². The van der Waals surface area contributed by atoms with Crippen LogP contribution in [0, 0.1) is 0 Å². The van der Waals surface area contributed by atoms with Crippen molar-refractivity contribution in [1.29, 1.82) is 0 Å². The van der Waals surface area contributed by atoms with E-state index in [0.29, 0.717) is 38.3 Å². The first-order chi connectivity index (χ1) is 15.1. The molecule has 5 rings (SSSR count). The van der Waals surface area contributed by atoms with Gasteiger partial charge < -0.3 is 29.4 Å². The lowest BCUT2D eigenvalue weighted by molar-refractivity contribution is 0.0195. The predicted octanol–water partition coefficient (Wildman–Crippen LogP) is 3.19. The molecule has 3 aliphatic rings. The molecule has 1 saturated carbocycles. The maximum absolute atomic E-state index is 10.2. The van der Waals surface area contributed by atoms with Gasteiger partial charge >= 0.3 is 0 Å². The van der Waals surface area contributed by atoms with Crippen LogP contribution in [-0.2, 0) is 4.74 Å². The average Bonchev–Trinajstić information content (AvgIpc) is 3.28.